The third-order valence-electron chi connectivity index (χ3n) is 4.73. The van der Waals surface area contributed by atoms with Crippen molar-refractivity contribution >= 4 is 18.4 Å². The van der Waals surface area contributed by atoms with Gasteiger partial charge in [-0.25, -0.2) is 0 Å². The van der Waals surface area contributed by atoms with E-state index in [1.807, 2.05) is 18.2 Å². The number of fused-ring (bicyclic) bond motifs is 1. The first kappa shape index (κ1) is 14.9. The number of allylic oxidation sites excluding steroid dienone is 3. The zero-order valence-electron chi connectivity index (χ0n) is 14.0. The van der Waals surface area contributed by atoms with Crippen LogP contribution in [0.3, 0.4) is 0 Å². The lowest BCUT2D eigenvalue weighted by Crippen LogP contribution is -2.47. The second kappa shape index (κ2) is 6.08. The molecule has 1 unspecified atom stereocenters. The molecular formula is C21H20BNO. The van der Waals surface area contributed by atoms with Crippen LogP contribution in [0.4, 0.5) is 0 Å². The summed E-state index contributed by atoms with van der Waals surface area (Å²) in [5.41, 5.74) is 4.92. The Morgan fingerprint density at radius 2 is 1.50 bits per heavy atom. The van der Waals surface area contributed by atoms with Crippen LogP contribution in [0.25, 0.3) is 11.3 Å². The Morgan fingerprint density at radius 1 is 0.875 bits per heavy atom. The zero-order chi connectivity index (χ0) is 16.5. The molecule has 2 aliphatic heterocycles. The fraction of sp³-hybridized carbons (Fsp3) is 0.143. The van der Waals surface area contributed by atoms with Crippen LogP contribution in [0, 0.1) is 0 Å². The molecule has 118 valence electrons. The van der Waals surface area contributed by atoms with Gasteiger partial charge in [-0.05, 0) is 31.0 Å². The molecule has 0 N–H and O–H groups in total. The minimum Gasteiger partial charge on any atom is -0.541 e. The molecule has 2 heterocycles. The van der Waals surface area contributed by atoms with E-state index in [4.69, 9.17) is 4.65 Å². The Labute approximate surface area is 143 Å². The predicted molar refractivity (Wildman–Crippen MR) is 101 cm³/mol. The summed E-state index contributed by atoms with van der Waals surface area (Å²) in [5.74, 6) is 0.939. The molecule has 2 nitrogen and oxygen atoms in total. The van der Waals surface area contributed by atoms with Gasteiger partial charge in [0.15, 0.2) is 0 Å². The molecule has 0 fully saturated rings. The maximum Gasteiger partial charge on any atom is 0.479 e. The maximum atomic E-state index is 6.22. The number of benzene rings is 2. The van der Waals surface area contributed by atoms with Crippen molar-refractivity contribution in [3.63, 3.8) is 0 Å². The van der Waals surface area contributed by atoms with Gasteiger partial charge >= 0.3 is 7.05 Å². The van der Waals surface area contributed by atoms with Gasteiger partial charge < -0.3 is 9.47 Å². The molecule has 0 amide bonds. The molecule has 0 aromatic heterocycles. The van der Waals surface area contributed by atoms with Crippen molar-refractivity contribution in [2.24, 2.45) is 0 Å². The normalized spacial score (nSPS) is 19.8. The van der Waals surface area contributed by atoms with Crippen LogP contribution in [0.2, 0.25) is 6.82 Å². The van der Waals surface area contributed by atoms with E-state index in [0.717, 1.165) is 11.3 Å². The molecule has 0 spiro atoms. The van der Waals surface area contributed by atoms with Gasteiger partial charge in [-0.15, -0.1) is 0 Å². The van der Waals surface area contributed by atoms with Crippen molar-refractivity contribution in [2.75, 3.05) is 0 Å². The molecule has 0 saturated carbocycles. The molecule has 1 atom stereocenters. The molecule has 2 aromatic rings. The van der Waals surface area contributed by atoms with E-state index in [9.17, 15) is 0 Å². The van der Waals surface area contributed by atoms with Crippen LogP contribution >= 0.6 is 0 Å². The second-order valence-electron chi connectivity index (χ2n) is 6.25. The first-order valence-corrected chi connectivity index (χ1v) is 8.43. The van der Waals surface area contributed by atoms with Gasteiger partial charge in [-0.3, -0.25) is 0 Å². The minimum atomic E-state index is -0.00105. The largest absolute Gasteiger partial charge is 0.541 e. The average molecular weight is 313 g/mol. The molecule has 4 rings (SSSR count). The van der Waals surface area contributed by atoms with E-state index >= 15 is 0 Å². The quantitative estimate of drug-likeness (QED) is 0.735. The lowest BCUT2D eigenvalue weighted by atomic mass is 9.76. The standard InChI is InChI=1S/C21H20BNO/c1-16-20(17-9-5-3-6-10-17)14-13-19-15-21(24-22(2)23(16)19)18-11-7-4-8-12-18/h3-16H,1-2H3. The summed E-state index contributed by atoms with van der Waals surface area (Å²) in [6.45, 7) is 4.36. The number of rotatable bonds is 2. The number of hydrogen-bond acceptors (Lipinski definition) is 2. The van der Waals surface area contributed by atoms with E-state index in [-0.39, 0.29) is 13.1 Å². The van der Waals surface area contributed by atoms with Crippen molar-refractivity contribution in [2.45, 2.75) is 19.8 Å². The Balaban J connectivity index is 1.74. The van der Waals surface area contributed by atoms with E-state index < -0.39 is 0 Å². The number of nitrogens with zero attached hydrogens (tertiary/aromatic N) is 1. The summed E-state index contributed by atoms with van der Waals surface area (Å²) in [6, 6.07) is 21.1. The molecule has 3 heteroatoms. The van der Waals surface area contributed by atoms with Crippen LogP contribution in [-0.2, 0) is 4.65 Å². The van der Waals surface area contributed by atoms with Crippen LogP contribution in [0.1, 0.15) is 18.1 Å². The maximum absolute atomic E-state index is 6.22. The Morgan fingerprint density at radius 3 is 2.17 bits per heavy atom. The van der Waals surface area contributed by atoms with Crippen LogP contribution in [-0.4, -0.2) is 17.9 Å². The predicted octanol–water partition coefficient (Wildman–Crippen LogP) is 4.85. The second-order valence-corrected chi connectivity index (χ2v) is 6.25. The van der Waals surface area contributed by atoms with Crippen molar-refractivity contribution in [1.82, 2.24) is 4.81 Å². The fourth-order valence-corrected chi connectivity index (χ4v) is 3.55. The van der Waals surface area contributed by atoms with Gasteiger partial charge in [-0.2, -0.15) is 0 Å². The smallest absolute Gasteiger partial charge is 0.479 e. The van der Waals surface area contributed by atoms with Gasteiger partial charge in [0.2, 0.25) is 0 Å². The van der Waals surface area contributed by atoms with Gasteiger partial charge in [0.1, 0.15) is 5.76 Å². The highest BCUT2D eigenvalue weighted by Crippen LogP contribution is 2.35. The highest BCUT2D eigenvalue weighted by atomic mass is 16.5. The summed E-state index contributed by atoms with van der Waals surface area (Å²) in [7, 11) is -0.00105. The van der Waals surface area contributed by atoms with Crippen LogP contribution in [0.15, 0.2) is 84.6 Å². The average Bonchev–Trinajstić information content (AvgIpc) is 2.63. The summed E-state index contributed by atoms with van der Waals surface area (Å²) in [4.78, 5) is 2.34. The third kappa shape index (κ3) is 2.56. The molecule has 0 aliphatic carbocycles. The highest BCUT2D eigenvalue weighted by molar-refractivity contribution is 6.49. The molecular weight excluding hydrogens is 293 g/mol. The zero-order valence-corrected chi connectivity index (χ0v) is 14.0. The fourth-order valence-electron chi connectivity index (χ4n) is 3.55. The molecule has 0 saturated heterocycles. The Hall–Kier alpha value is -2.68. The Bertz CT molecular complexity index is 823. The van der Waals surface area contributed by atoms with Crippen LogP contribution in [0.5, 0.6) is 0 Å². The van der Waals surface area contributed by atoms with Gasteiger partial charge in [0.05, 0.1) is 0 Å². The van der Waals surface area contributed by atoms with E-state index in [1.165, 1.54) is 16.8 Å². The van der Waals surface area contributed by atoms with E-state index in [2.05, 4.69) is 79.3 Å². The molecule has 0 radical (unpaired) electrons. The summed E-state index contributed by atoms with van der Waals surface area (Å²) in [6.07, 6.45) is 6.58. The van der Waals surface area contributed by atoms with Crippen molar-refractivity contribution in [1.29, 1.82) is 0 Å². The third-order valence-corrected chi connectivity index (χ3v) is 4.73. The van der Waals surface area contributed by atoms with E-state index in [1.54, 1.807) is 0 Å². The monoisotopic (exact) mass is 313 g/mol. The summed E-state index contributed by atoms with van der Waals surface area (Å²) >= 11 is 0. The topological polar surface area (TPSA) is 12.5 Å². The first-order chi connectivity index (χ1) is 11.7. The van der Waals surface area contributed by atoms with Crippen molar-refractivity contribution in [3.8, 4) is 0 Å². The van der Waals surface area contributed by atoms with Gasteiger partial charge in [-0.1, -0.05) is 66.7 Å². The summed E-state index contributed by atoms with van der Waals surface area (Å²) < 4.78 is 6.22. The molecule has 2 aliphatic rings. The Kier molecular flexibility index (Phi) is 3.77. The lowest BCUT2D eigenvalue weighted by Gasteiger charge is -2.42. The van der Waals surface area contributed by atoms with Crippen molar-refractivity contribution in [3.05, 3.63) is 95.7 Å². The highest BCUT2D eigenvalue weighted by Gasteiger charge is 2.35. The lowest BCUT2D eigenvalue weighted by molar-refractivity contribution is 0.376. The van der Waals surface area contributed by atoms with Crippen LogP contribution < -0.4 is 0 Å². The van der Waals surface area contributed by atoms with Gasteiger partial charge in [0, 0.05) is 23.4 Å². The number of hydrogen-bond donors (Lipinski definition) is 0. The summed E-state index contributed by atoms with van der Waals surface area (Å²) in [5, 5.41) is 0. The minimum absolute atomic E-state index is 0.00105. The molecule has 2 aromatic carbocycles. The first-order valence-electron chi connectivity index (χ1n) is 8.43. The SMILES string of the molecule is CB1OC(c2ccccc2)=CC2=CC=C(c3ccccc3)C(C)N12. The molecule has 0 bridgehead atoms. The molecule has 24 heavy (non-hydrogen) atoms. The van der Waals surface area contributed by atoms with E-state index in [0.29, 0.717) is 0 Å². The van der Waals surface area contributed by atoms with Gasteiger partial charge in [0.25, 0.3) is 0 Å². The van der Waals surface area contributed by atoms with Crippen molar-refractivity contribution < 1.29 is 4.65 Å².